The summed E-state index contributed by atoms with van der Waals surface area (Å²) in [6.45, 7) is 6.27. The van der Waals surface area contributed by atoms with Gasteiger partial charge in [-0.2, -0.15) is 11.8 Å². The quantitative estimate of drug-likeness (QED) is 0.862. The van der Waals surface area contributed by atoms with Crippen molar-refractivity contribution in [1.29, 1.82) is 0 Å². The van der Waals surface area contributed by atoms with Crippen LogP contribution in [0.2, 0.25) is 5.02 Å². The lowest BCUT2D eigenvalue weighted by atomic mass is 10.1. The SMILES string of the molecule is CSCCn1cc(CNC(C)C)c2ccc(Cl)cc21. The van der Waals surface area contributed by atoms with Crippen LogP contribution in [-0.4, -0.2) is 22.6 Å². The molecule has 0 atom stereocenters. The molecule has 1 N–H and O–H groups in total. The summed E-state index contributed by atoms with van der Waals surface area (Å²) in [6.07, 6.45) is 4.40. The van der Waals surface area contributed by atoms with Gasteiger partial charge in [0, 0.05) is 47.0 Å². The molecular formula is C15H21ClN2S. The molecule has 19 heavy (non-hydrogen) atoms. The van der Waals surface area contributed by atoms with Crippen LogP contribution in [0.25, 0.3) is 10.9 Å². The minimum Gasteiger partial charge on any atom is -0.346 e. The maximum Gasteiger partial charge on any atom is 0.0498 e. The summed E-state index contributed by atoms with van der Waals surface area (Å²) in [6, 6.07) is 6.67. The number of hydrogen-bond acceptors (Lipinski definition) is 2. The van der Waals surface area contributed by atoms with Crippen LogP contribution in [0.5, 0.6) is 0 Å². The molecule has 0 saturated carbocycles. The average molecular weight is 297 g/mol. The normalized spacial score (nSPS) is 11.6. The first-order chi connectivity index (χ1) is 9.11. The van der Waals surface area contributed by atoms with E-state index in [4.69, 9.17) is 11.6 Å². The van der Waals surface area contributed by atoms with Gasteiger partial charge in [-0.15, -0.1) is 0 Å². The summed E-state index contributed by atoms with van der Waals surface area (Å²) in [7, 11) is 0. The zero-order valence-corrected chi connectivity index (χ0v) is 13.3. The molecule has 0 unspecified atom stereocenters. The van der Waals surface area contributed by atoms with Gasteiger partial charge in [0.1, 0.15) is 0 Å². The summed E-state index contributed by atoms with van der Waals surface area (Å²) in [5.41, 5.74) is 2.59. The second kappa shape index (κ2) is 6.69. The monoisotopic (exact) mass is 296 g/mol. The van der Waals surface area contributed by atoms with E-state index in [1.165, 1.54) is 16.5 Å². The predicted molar refractivity (Wildman–Crippen MR) is 87.3 cm³/mol. The van der Waals surface area contributed by atoms with Crippen molar-refractivity contribution in [3.63, 3.8) is 0 Å². The first kappa shape index (κ1) is 14.8. The molecule has 0 saturated heterocycles. The third kappa shape index (κ3) is 3.68. The van der Waals surface area contributed by atoms with Crippen molar-refractivity contribution in [2.45, 2.75) is 33.0 Å². The van der Waals surface area contributed by atoms with Gasteiger partial charge in [-0.1, -0.05) is 31.5 Å². The van der Waals surface area contributed by atoms with E-state index in [1.807, 2.05) is 17.8 Å². The molecule has 2 rings (SSSR count). The first-order valence-corrected chi connectivity index (χ1v) is 8.38. The van der Waals surface area contributed by atoms with Crippen molar-refractivity contribution < 1.29 is 0 Å². The number of halogens is 1. The van der Waals surface area contributed by atoms with Crippen LogP contribution in [0.1, 0.15) is 19.4 Å². The first-order valence-electron chi connectivity index (χ1n) is 6.61. The Kier molecular flexibility index (Phi) is 5.20. The second-order valence-corrected chi connectivity index (χ2v) is 6.46. The Labute approximate surface area is 124 Å². The number of nitrogens with one attached hydrogen (secondary N) is 1. The topological polar surface area (TPSA) is 17.0 Å². The van der Waals surface area contributed by atoms with Crippen molar-refractivity contribution >= 4 is 34.3 Å². The Morgan fingerprint density at radius 1 is 1.37 bits per heavy atom. The molecular weight excluding hydrogens is 276 g/mol. The van der Waals surface area contributed by atoms with E-state index in [-0.39, 0.29) is 0 Å². The molecule has 0 aliphatic carbocycles. The van der Waals surface area contributed by atoms with Crippen LogP contribution in [-0.2, 0) is 13.1 Å². The van der Waals surface area contributed by atoms with E-state index in [0.29, 0.717) is 6.04 Å². The molecule has 2 aromatic rings. The molecule has 0 fully saturated rings. The zero-order valence-electron chi connectivity index (χ0n) is 11.7. The standard InChI is InChI=1S/C15H21ClN2S/c1-11(2)17-9-12-10-18(6-7-19-3)15-8-13(16)4-5-14(12)15/h4-5,8,10-11,17H,6-7,9H2,1-3H3. The third-order valence-electron chi connectivity index (χ3n) is 3.16. The fourth-order valence-electron chi connectivity index (χ4n) is 2.17. The van der Waals surface area contributed by atoms with Crippen molar-refractivity contribution in [3.8, 4) is 0 Å². The number of hydrogen-bond donors (Lipinski definition) is 1. The molecule has 104 valence electrons. The molecule has 0 aliphatic heterocycles. The summed E-state index contributed by atoms with van der Waals surface area (Å²) < 4.78 is 2.31. The van der Waals surface area contributed by atoms with Crippen LogP contribution in [0.3, 0.4) is 0 Å². The summed E-state index contributed by atoms with van der Waals surface area (Å²) in [4.78, 5) is 0. The van der Waals surface area contributed by atoms with E-state index in [1.54, 1.807) is 0 Å². The smallest absolute Gasteiger partial charge is 0.0498 e. The molecule has 2 nitrogen and oxygen atoms in total. The minimum atomic E-state index is 0.497. The van der Waals surface area contributed by atoms with Gasteiger partial charge < -0.3 is 9.88 Å². The highest BCUT2D eigenvalue weighted by Gasteiger charge is 2.09. The molecule has 0 radical (unpaired) electrons. The molecule has 0 bridgehead atoms. The van der Waals surface area contributed by atoms with E-state index < -0.39 is 0 Å². The lowest BCUT2D eigenvalue weighted by Gasteiger charge is -2.06. The Balaban J connectivity index is 2.35. The number of rotatable bonds is 6. The Morgan fingerprint density at radius 3 is 2.84 bits per heavy atom. The number of aromatic nitrogens is 1. The Bertz CT molecular complexity index is 548. The van der Waals surface area contributed by atoms with Crippen molar-refractivity contribution in [1.82, 2.24) is 9.88 Å². The maximum atomic E-state index is 6.13. The number of thioether (sulfide) groups is 1. The van der Waals surface area contributed by atoms with Gasteiger partial charge in [0.15, 0.2) is 0 Å². The van der Waals surface area contributed by atoms with Gasteiger partial charge in [-0.3, -0.25) is 0 Å². The predicted octanol–water partition coefficient (Wildman–Crippen LogP) is 4.16. The zero-order chi connectivity index (χ0) is 13.8. The highest BCUT2D eigenvalue weighted by molar-refractivity contribution is 7.98. The number of benzene rings is 1. The Morgan fingerprint density at radius 2 is 2.16 bits per heavy atom. The Hall–Kier alpha value is -0.640. The van der Waals surface area contributed by atoms with Crippen LogP contribution >= 0.6 is 23.4 Å². The molecule has 1 aromatic carbocycles. The maximum absolute atomic E-state index is 6.13. The van der Waals surface area contributed by atoms with E-state index in [0.717, 1.165) is 23.9 Å². The lowest BCUT2D eigenvalue weighted by Crippen LogP contribution is -2.21. The van der Waals surface area contributed by atoms with Gasteiger partial charge in [0.25, 0.3) is 0 Å². The lowest BCUT2D eigenvalue weighted by molar-refractivity contribution is 0.589. The number of nitrogens with zero attached hydrogens (tertiary/aromatic N) is 1. The highest BCUT2D eigenvalue weighted by Crippen LogP contribution is 2.25. The highest BCUT2D eigenvalue weighted by atomic mass is 35.5. The second-order valence-electron chi connectivity index (χ2n) is 5.04. The molecule has 1 aromatic heterocycles. The molecule has 4 heteroatoms. The fraction of sp³-hybridized carbons (Fsp3) is 0.467. The average Bonchev–Trinajstić information content (AvgIpc) is 2.71. The fourth-order valence-corrected chi connectivity index (χ4v) is 2.72. The molecule has 0 amide bonds. The summed E-state index contributed by atoms with van der Waals surface area (Å²) in [5, 5.41) is 5.60. The van der Waals surface area contributed by atoms with E-state index >= 15 is 0 Å². The van der Waals surface area contributed by atoms with Crippen molar-refractivity contribution in [2.75, 3.05) is 12.0 Å². The van der Waals surface area contributed by atoms with Crippen molar-refractivity contribution in [2.24, 2.45) is 0 Å². The number of fused-ring (bicyclic) bond motifs is 1. The van der Waals surface area contributed by atoms with Gasteiger partial charge in [-0.05, 0) is 24.0 Å². The van der Waals surface area contributed by atoms with Crippen LogP contribution in [0.15, 0.2) is 24.4 Å². The molecule has 0 aliphatic rings. The van der Waals surface area contributed by atoms with E-state index in [2.05, 4.69) is 48.3 Å². The van der Waals surface area contributed by atoms with Gasteiger partial charge in [-0.25, -0.2) is 0 Å². The molecule has 1 heterocycles. The van der Waals surface area contributed by atoms with Gasteiger partial charge in [0.05, 0.1) is 0 Å². The minimum absolute atomic E-state index is 0.497. The number of aryl methyl sites for hydroxylation is 1. The third-order valence-corrected chi connectivity index (χ3v) is 3.99. The summed E-state index contributed by atoms with van der Waals surface area (Å²) >= 11 is 7.99. The van der Waals surface area contributed by atoms with Crippen LogP contribution in [0.4, 0.5) is 0 Å². The summed E-state index contributed by atoms with van der Waals surface area (Å²) in [5.74, 6) is 1.12. The van der Waals surface area contributed by atoms with E-state index in [9.17, 15) is 0 Å². The largest absolute Gasteiger partial charge is 0.346 e. The molecule has 0 spiro atoms. The van der Waals surface area contributed by atoms with Crippen LogP contribution in [0, 0.1) is 0 Å². The van der Waals surface area contributed by atoms with Crippen LogP contribution < -0.4 is 5.32 Å². The van der Waals surface area contributed by atoms with Gasteiger partial charge >= 0.3 is 0 Å². The van der Waals surface area contributed by atoms with Crippen molar-refractivity contribution in [3.05, 3.63) is 35.0 Å². The van der Waals surface area contributed by atoms with Gasteiger partial charge in [0.2, 0.25) is 0 Å².